The fourth-order valence-electron chi connectivity index (χ4n) is 7.46. The molecule has 0 bridgehead atoms. The number of aryl methyl sites for hydroxylation is 1. The predicted molar refractivity (Wildman–Crippen MR) is 189 cm³/mol. The Hall–Kier alpha value is -4.00. The van der Waals surface area contributed by atoms with Crippen molar-refractivity contribution in [1.29, 1.82) is 0 Å². The zero-order valence-corrected chi connectivity index (χ0v) is 29.1. The van der Waals surface area contributed by atoms with E-state index >= 15 is 0 Å². The molecule has 264 valence electrons. The van der Waals surface area contributed by atoms with Gasteiger partial charge < -0.3 is 30.2 Å². The Kier molecular flexibility index (Phi) is 11.5. The van der Waals surface area contributed by atoms with Crippen LogP contribution in [-0.4, -0.2) is 128 Å². The van der Waals surface area contributed by atoms with Crippen LogP contribution in [0.1, 0.15) is 67.7 Å². The van der Waals surface area contributed by atoms with Crippen LogP contribution in [0.2, 0.25) is 0 Å². The number of carbonyl (C=O) groups is 2. The molecule has 0 aliphatic carbocycles. The fourth-order valence-corrected chi connectivity index (χ4v) is 7.46. The number of hydrogen-bond acceptors (Lipinski definition) is 9. The molecule has 12 heteroatoms. The molecule has 3 saturated heterocycles. The Balaban J connectivity index is 1.13. The van der Waals surface area contributed by atoms with E-state index in [1.54, 1.807) is 17.6 Å². The summed E-state index contributed by atoms with van der Waals surface area (Å²) in [6.45, 7) is 14.8. The van der Waals surface area contributed by atoms with Gasteiger partial charge in [0, 0.05) is 84.1 Å². The third-order valence-corrected chi connectivity index (χ3v) is 10.5. The average Bonchev–Trinajstić information content (AvgIpc) is 3.55. The lowest BCUT2D eigenvalue weighted by atomic mass is 9.96. The minimum atomic E-state index is -0.323. The van der Waals surface area contributed by atoms with E-state index in [1.165, 1.54) is 30.9 Å². The summed E-state index contributed by atoms with van der Waals surface area (Å²) < 4.78 is 1.70. The molecule has 3 aliphatic rings. The quantitative estimate of drug-likeness (QED) is 0.280. The number of aromatic nitrogens is 3. The van der Waals surface area contributed by atoms with Gasteiger partial charge in [0.05, 0.1) is 5.56 Å². The highest BCUT2D eigenvalue weighted by Gasteiger charge is 2.26. The maximum Gasteiger partial charge on any atom is 0.289 e. The molecule has 3 N–H and O–H groups in total. The summed E-state index contributed by atoms with van der Waals surface area (Å²) in [4.78, 5) is 34.6. The van der Waals surface area contributed by atoms with Crippen LogP contribution < -0.4 is 5.32 Å². The van der Waals surface area contributed by atoms with E-state index < -0.39 is 0 Å². The molecule has 1 aromatic heterocycles. The molecule has 0 radical (unpaired) electrons. The van der Waals surface area contributed by atoms with Gasteiger partial charge in [-0.25, -0.2) is 0 Å². The molecule has 0 spiro atoms. The van der Waals surface area contributed by atoms with Crippen molar-refractivity contribution in [3.05, 3.63) is 53.3 Å². The van der Waals surface area contributed by atoms with Gasteiger partial charge in [-0.05, 0) is 80.4 Å². The van der Waals surface area contributed by atoms with Crippen molar-refractivity contribution in [3.63, 3.8) is 0 Å². The van der Waals surface area contributed by atoms with Crippen molar-refractivity contribution in [1.82, 2.24) is 39.7 Å². The van der Waals surface area contributed by atoms with Gasteiger partial charge in [0.25, 0.3) is 5.91 Å². The molecule has 4 heterocycles. The summed E-state index contributed by atoms with van der Waals surface area (Å²) in [7, 11) is 0. The number of likely N-dealkylation sites (tertiary alicyclic amines) is 2. The number of carbonyl (C=O) groups excluding carboxylic acids is 2. The Morgan fingerprint density at radius 2 is 1.53 bits per heavy atom. The number of phenols is 2. The summed E-state index contributed by atoms with van der Waals surface area (Å²) >= 11 is 0. The molecule has 2 amide bonds. The SMILES string of the molecule is CCc1cc(-c2nnc(C(=O)NCCN3CCCCC3)n2-c2ccc(CN3CCN(CC4CCN(C(C)=O)CC4)CC3)cc2)c(O)cc1O. The average molecular weight is 673 g/mol. The van der Waals surface area contributed by atoms with Gasteiger partial charge in [0.1, 0.15) is 11.5 Å². The van der Waals surface area contributed by atoms with Crippen molar-refractivity contribution >= 4 is 11.8 Å². The summed E-state index contributed by atoms with van der Waals surface area (Å²) in [5, 5.41) is 32.9. The van der Waals surface area contributed by atoms with Gasteiger partial charge in [0.15, 0.2) is 5.82 Å². The first kappa shape index (κ1) is 34.8. The Morgan fingerprint density at radius 1 is 0.837 bits per heavy atom. The van der Waals surface area contributed by atoms with Crippen molar-refractivity contribution in [3.8, 4) is 28.6 Å². The van der Waals surface area contributed by atoms with Gasteiger partial charge in [-0.15, -0.1) is 10.2 Å². The number of piperidine rings is 2. The maximum atomic E-state index is 13.5. The minimum Gasteiger partial charge on any atom is -0.508 e. The van der Waals surface area contributed by atoms with E-state index in [2.05, 4.69) is 42.3 Å². The number of nitrogens with zero attached hydrogens (tertiary/aromatic N) is 7. The van der Waals surface area contributed by atoms with Gasteiger partial charge >= 0.3 is 0 Å². The normalized spacial score (nSPS) is 18.5. The predicted octanol–water partition coefficient (Wildman–Crippen LogP) is 3.50. The monoisotopic (exact) mass is 672 g/mol. The van der Waals surface area contributed by atoms with E-state index in [9.17, 15) is 19.8 Å². The molecule has 3 aromatic rings. The molecular formula is C37H52N8O4. The van der Waals surface area contributed by atoms with Crippen LogP contribution in [0, 0.1) is 5.92 Å². The lowest BCUT2D eigenvalue weighted by Gasteiger charge is -2.38. The molecule has 3 aliphatic heterocycles. The second kappa shape index (κ2) is 16.1. The number of piperazine rings is 1. The fraction of sp³-hybridized carbons (Fsp3) is 0.568. The molecule has 49 heavy (non-hydrogen) atoms. The Bertz CT molecular complexity index is 1570. The van der Waals surface area contributed by atoms with E-state index in [0.29, 0.717) is 35.8 Å². The summed E-state index contributed by atoms with van der Waals surface area (Å²) in [6.07, 6.45) is 6.40. The minimum absolute atomic E-state index is 0.0191. The molecule has 0 atom stereocenters. The smallest absolute Gasteiger partial charge is 0.289 e. The highest BCUT2D eigenvalue weighted by molar-refractivity contribution is 5.92. The van der Waals surface area contributed by atoms with Crippen LogP contribution in [-0.2, 0) is 17.8 Å². The number of amides is 2. The second-order valence-electron chi connectivity index (χ2n) is 13.9. The number of hydrogen-bond donors (Lipinski definition) is 3. The Labute approximate surface area is 289 Å². The first-order chi connectivity index (χ1) is 23.8. The van der Waals surface area contributed by atoms with Crippen molar-refractivity contribution in [2.24, 2.45) is 5.92 Å². The lowest BCUT2D eigenvalue weighted by molar-refractivity contribution is -0.130. The number of phenolic OH excluding ortho intramolecular Hbond substituents is 2. The van der Waals surface area contributed by atoms with Gasteiger partial charge in [-0.3, -0.25) is 19.1 Å². The number of rotatable bonds is 11. The lowest BCUT2D eigenvalue weighted by Crippen LogP contribution is -2.48. The third kappa shape index (κ3) is 8.60. The van der Waals surface area contributed by atoms with Crippen molar-refractivity contribution in [2.45, 2.75) is 58.9 Å². The van der Waals surface area contributed by atoms with E-state index in [-0.39, 0.29) is 29.1 Å². The molecule has 12 nitrogen and oxygen atoms in total. The highest BCUT2D eigenvalue weighted by atomic mass is 16.3. The van der Waals surface area contributed by atoms with Crippen molar-refractivity contribution in [2.75, 3.05) is 72.0 Å². The van der Waals surface area contributed by atoms with E-state index in [0.717, 1.165) is 90.5 Å². The van der Waals surface area contributed by atoms with Crippen molar-refractivity contribution < 1.29 is 19.8 Å². The molecular weight excluding hydrogens is 620 g/mol. The van der Waals surface area contributed by atoms with E-state index in [4.69, 9.17) is 0 Å². The standard InChI is InChI=1S/C37H52N8O4/c1-3-30-23-32(34(48)24-33(30)47)35-39-40-36(37(49)38-13-18-41-14-5-4-6-15-41)45(35)31-9-7-28(8-10-31)25-42-19-21-43(22-20-42)26-29-11-16-44(17-12-29)27(2)46/h7-10,23-24,29,47-48H,3-6,11-22,25-26H2,1-2H3,(H,38,49). The zero-order chi connectivity index (χ0) is 34.3. The molecule has 0 unspecified atom stereocenters. The first-order valence-electron chi connectivity index (χ1n) is 18.1. The van der Waals surface area contributed by atoms with Gasteiger partial charge in [0.2, 0.25) is 11.7 Å². The van der Waals surface area contributed by atoms with Crippen LogP contribution in [0.5, 0.6) is 11.5 Å². The summed E-state index contributed by atoms with van der Waals surface area (Å²) in [5.74, 6) is 0.906. The van der Waals surface area contributed by atoms with Gasteiger partial charge in [-0.1, -0.05) is 25.5 Å². The maximum absolute atomic E-state index is 13.5. The third-order valence-electron chi connectivity index (χ3n) is 10.5. The second-order valence-corrected chi connectivity index (χ2v) is 13.9. The van der Waals surface area contributed by atoms with Crippen LogP contribution in [0.15, 0.2) is 36.4 Å². The Morgan fingerprint density at radius 3 is 2.20 bits per heavy atom. The zero-order valence-electron chi connectivity index (χ0n) is 29.1. The highest BCUT2D eigenvalue weighted by Crippen LogP contribution is 2.36. The molecule has 3 fully saturated rings. The van der Waals surface area contributed by atoms with Crippen LogP contribution in [0.3, 0.4) is 0 Å². The first-order valence-corrected chi connectivity index (χ1v) is 18.1. The van der Waals surface area contributed by atoms with E-state index in [1.807, 2.05) is 24.0 Å². The van der Waals surface area contributed by atoms with Crippen LogP contribution >= 0.6 is 0 Å². The number of aromatic hydroxyl groups is 2. The van der Waals surface area contributed by atoms with Gasteiger partial charge in [-0.2, -0.15) is 0 Å². The summed E-state index contributed by atoms with van der Waals surface area (Å²) in [5.41, 5.74) is 2.97. The van der Waals surface area contributed by atoms with Crippen LogP contribution in [0.25, 0.3) is 17.1 Å². The summed E-state index contributed by atoms with van der Waals surface area (Å²) in [6, 6.07) is 11.2. The topological polar surface area (TPSA) is 130 Å². The molecule has 6 rings (SSSR count). The number of nitrogens with one attached hydrogen (secondary N) is 1. The van der Waals surface area contributed by atoms with Crippen LogP contribution in [0.4, 0.5) is 0 Å². The largest absolute Gasteiger partial charge is 0.508 e. The number of benzene rings is 2. The molecule has 0 saturated carbocycles. The molecule has 2 aromatic carbocycles.